The minimum atomic E-state index is 0.0498. The van der Waals surface area contributed by atoms with Crippen molar-refractivity contribution in [2.24, 2.45) is 5.92 Å². The molecule has 0 atom stereocenters. The molecule has 2 heterocycles. The van der Waals surface area contributed by atoms with Gasteiger partial charge in [0.1, 0.15) is 0 Å². The molecule has 5 heteroatoms. The molecule has 0 bridgehead atoms. The van der Waals surface area contributed by atoms with Crippen molar-refractivity contribution in [3.8, 4) is 0 Å². The Morgan fingerprint density at radius 2 is 1.39 bits per heavy atom. The van der Waals surface area contributed by atoms with E-state index >= 15 is 0 Å². The van der Waals surface area contributed by atoms with Crippen LogP contribution in [0, 0.1) is 5.92 Å². The minimum Gasteiger partial charge on any atom is -0.335 e. The van der Waals surface area contributed by atoms with Crippen molar-refractivity contribution in [2.75, 3.05) is 39.8 Å². The first kappa shape index (κ1) is 17.0. The smallest absolute Gasteiger partial charge is 0.315 e. The predicted octanol–water partition coefficient (Wildman–Crippen LogP) is 2.03. The molecule has 2 amide bonds. The summed E-state index contributed by atoms with van der Waals surface area (Å²) >= 11 is 0. The zero-order chi connectivity index (χ0) is 16.1. The molecule has 0 aromatic rings. The lowest BCUT2D eigenvalue weighted by atomic mass is 10.0. The summed E-state index contributed by atoms with van der Waals surface area (Å²) in [4.78, 5) is 17.1. The molecule has 3 fully saturated rings. The molecule has 1 aliphatic carbocycles. The molecule has 3 rings (SSSR count). The first-order valence-corrected chi connectivity index (χ1v) is 9.67. The van der Waals surface area contributed by atoms with E-state index in [1.54, 1.807) is 0 Å². The molecular weight excluding hydrogens is 288 g/mol. The van der Waals surface area contributed by atoms with Crippen LogP contribution < -0.4 is 10.6 Å². The lowest BCUT2D eigenvalue weighted by Gasteiger charge is -2.34. The molecule has 0 unspecified atom stereocenters. The van der Waals surface area contributed by atoms with Gasteiger partial charge in [-0.15, -0.1) is 0 Å². The maximum absolute atomic E-state index is 12.2. The molecule has 0 aromatic carbocycles. The van der Waals surface area contributed by atoms with Gasteiger partial charge in [-0.2, -0.15) is 0 Å². The highest BCUT2D eigenvalue weighted by Crippen LogP contribution is 2.26. The molecule has 2 N–H and O–H groups in total. The monoisotopic (exact) mass is 322 g/mol. The van der Waals surface area contributed by atoms with Gasteiger partial charge in [0.2, 0.25) is 0 Å². The van der Waals surface area contributed by atoms with Crippen molar-refractivity contribution in [1.29, 1.82) is 0 Å². The number of carbonyl (C=O) groups excluding carboxylic acids is 1. The Morgan fingerprint density at radius 3 is 1.96 bits per heavy atom. The Morgan fingerprint density at radius 1 is 0.870 bits per heavy atom. The topological polar surface area (TPSA) is 47.6 Å². The van der Waals surface area contributed by atoms with E-state index in [2.05, 4.69) is 27.5 Å². The fourth-order valence-corrected chi connectivity index (χ4v) is 4.38. The highest BCUT2D eigenvalue weighted by molar-refractivity contribution is 5.74. The van der Waals surface area contributed by atoms with Crippen molar-refractivity contribution in [3.63, 3.8) is 0 Å². The van der Waals surface area contributed by atoms with E-state index in [-0.39, 0.29) is 6.03 Å². The number of hydrogen-bond acceptors (Lipinski definition) is 3. The van der Waals surface area contributed by atoms with E-state index < -0.39 is 0 Å². The van der Waals surface area contributed by atoms with E-state index in [0.29, 0.717) is 12.1 Å². The summed E-state index contributed by atoms with van der Waals surface area (Å²) in [5, 5.41) is 6.37. The molecule has 23 heavy (non-hydrogen) atoms. The van der Waals surface area contributed by atoms with Crippen LogP contribution in [0.3, 0.4) is 0 Å². The van der Waals surface area contributed by atoms with Crippen molar-refractivity contribution < 1.29 is 4.79 Å². The highest BCUT2D eigenvalue weighted by Gasteiger charge is 2.25. The molecule has 5 nitrogen and oxygen atoms in total. The van der Waals surface area contributed by atoms with Crippen LogP contribution in [0.1, 0.15) is 51.4 Å². The third-order valence-corrected chi connectivity index (χ3v) is 5.97. The van der Waals surface area contributed by atoms with Crippen molar-refractivity contribution in [3.05, 3.63) is 0 Å². The zero-order valence-corrected chi connectivity index (χ0v) is 14.7. The van der Waals surface area contributed by atoms with Crippen molar-refractivity contribution in [2.45, 2.75) is 63.5 Å². The maximum atomic E-state index is 12.2. The second-order valence-corrected chi connectivity index (χ2v) is 7.92. The maximum Gasteiger partial charge on any atom is 0.315 e. The number of carbonyl (C=O) groups is 1. The largest absolute Gasteiger partial charge is 0.335 e. The Bertz CT molecular complexity index is 367. The summed E-state index contributed by atoms with van der Waals surface area (Å²) in [5.74, 6) is 0.937. The Labute approximate surface area is 141 Å². The van der Waals surface area contributed by atoms with Gasteiger partial charge < -0.3 is 20.4 Å². The fourth-order valence-electron chi connectivity index (χ4n) is 4.38. The lowest BCUT2D eigenvalue weighted by Crippen LogP contribution is -2.52. The summed E-state index contributed by atoms with van der Waals surface area (Å²) in [6.07, 6.45) is 10.1. The van der Waals surface area contributed by atoms with Gasteiger partial charge in [-0.1, -0.05) is 12.8 Å². The van der Waals surface area contributed by atoms with E-state index in [0.717, 1.165) is 57.8 Å². The summed E-state index contributed by atoms with van der Waals surface area (Å²) in [7, 11) is 2.15. The number of amides is 2. The van der Waals surface area contributed by atoms with Crippen LogP contribution in [0.25, 0.3) is 0 Å². The molecule has 0 radical (unpaired) electrons. The van der Waals surface area contributed by atoms with E-state index in [4.69, 9.17) is 0 Å². The Hall–Kier alpha value is -0.810. The van der Waals surface area contributed by atoms with Gasteiger partial charge in [-0.25, -0.2) is 4.79 Å². The standard InChI is InChI=1S/C18H34N4O/c1-21-10-6-16(7-11-21)19-18(23)20-17-8-12-22(13-9-17)14-15-4-2-3-5-15/h15-17H,2-14H2,1H3,(H2,19,20,23). The van der Waals surface area contributed by atoms with Gasteiger partial charge in [0, 0.05) is 31.7 Å². The summed E-state index contributed by atoms with van der Waals surface area (Å²) in [5.41, 5.74) is 0. The summed E-state index contributed by atoms with van der Waals surface area (Å²) in [6.45, 7) is 5.76. The molecule has 0 aromatic heterocycles. The van der Waals surface area contributed by atoms with E-state index in [1.165, 1.54) is 32.2 Å². The number of nitrogens with zero attached hydrogens (tertiary/aromatic N) is 2. The number of rotatable bonds is 4. The fraction of sp³-hybridized carbons (Fsp3) is 0.944. The molecule has 1 saturated carbocycles. The number of likely N-dealkylation sites (tertiary alicyclic amines) is 2. The van der Waals surface area contributed by atoms with E-state index in [1.807, 2.05) is 0 Å². The van der Waals surface area contributed by atoms with Gasteiger partial charge in [0.25, 0.3) is 0 Å². The van der Waals surface area contributed by atoms with Crippen LogP contribution >= 0.6 is 0 Å². The second kappa shape index (κ2) is 8.34. The summed E-state index contributed by atoms with van der Waals surface area (Å²) < 4.78 is 0. The molecule has 3 aliphatic rings. The number of nitrogens with one attached hydrogen (secondary N) is 2. The van der Waals surface area contributed by atoms with Gasteiger partial charge >= 0.3 is 6.03 Å². The first-order chi connectivity index (χ1) is 11.2. The Balaban J connectivity index is 1.31. The first-order valence-electron chi connectivity index (χ1n) is 9.67. The van der Waals surface area contributed by atoms with Crippen LogP contribution in [0.5, 0.6) is 0 Å². The van der Waals surface area contributed by atoms with Crippen LogP contribution in [0.2, 0.25) is 0 Å². The van der Waals surface area contributed by atoms with Crippen LogP contribution in [-0.2, 0) is 0 Å². The molecule has 2 saturated heterocycles. The van der Waals surface area contributed by atoms with Crippen LogP contribution in [0.4, 0.5) is 4.79 Å². The molecular formula is C18H34N4O. The van der Waals surface area contributed by atoms with Gasteiger partial charge in [-0.3, -0.25) is 0 Å². The van der Waals surface area contributed by atoms with Crippen molar-refractivity contribution >= 4 is 6.03 Å². The second-order valence-electron chi connectivity index (χ2n) is 7.92. The normalized spacial score (nSPS) is 26.5. The molecule has 2 aliphatic heterocycles. The highest BCUT2D eigenvalue weighted by atomic mass is 16.2. The number of piperidine rings is 2. The minimum absolute atomic E-state index is 0.0498. The summed E-state index contributed by atoms with van der Waals surface area (Å²) in [6, 6.07) is 0.767. The average Bonchev–Trinajstić information content (AvgIpc) is 3.04. The van der Waals surface area contributed by atoms with Crippen molar-refractivity contribution in [1.82, 2.24) is 20.4 Å². The van der Waals surface area contributed by atoms with Gasteiger partial charge in [0.05, 0.1) is 0 Å². The Kier molecular flexibility index (Phi) is 6.17. The van der Waals surface area contributed by atoms with E-state index in [9.17, 15) is 4.79 Å². The van der Waals surface area contributed by atoms with Crippen LogP contribution in [0.15, 0.2) is 0 Å². The SMILES string of the molecule is CN1CCC(NC(=O)NC2CCN(CC3CCCC3)CC2)CC1. The molecule has 132 valence electrons. The lowest BCUT2D eigenvalue weighted by molar-refractivity contribution is 0.169. The quantitative estimate of drug-likeness (QED) is 0.833. The molecule has 0 spiro atoms. The number of hydrogen-bond donors (Lipinski definition) is 2. The zero-order valence-electron chi connectivity index (χ0n) is 14.7. The van der Waals surface area contributed by atoms with Gasteiger partial charge in [-0.05, 0) is 64.6 Å². The average molecular weight is 322 g/mol. The third kappa shape index (κ3) is 5.35. The van der Waals surface area contributed by atoms with Gasteiger partial charge in [0.15, 0.2) is 0 Å². The number of urea groups is 1. The van der Waals surface area contributed by atoms with Crippen LogP contribution in [-0.4, -0.2) is 67.7 Å². The third-order valence-electron chi connectivity index (χ3n) is 5.97. The predicted molar refractivity (Wildman–Crippen MR) is 93.6 cm³/mol.